The molecule has 2 fully saturated rings. The second-order valence-corrected chi connectivity index (χ2v) is 11.9. The number of ether oxygens (including phenoxy) is 1. The Balaban J connectivity index is 0.00000300. The monoisotopic (exact) mass is 742 g/mol. The van der Waals surface area contributed by atoms with Crippen molar-refractivity contribution in [2.24, 2.45) is 0 Å². The summed E-state index contributed by atoms with van der Waals surface area (Å²) < 4.78 is 8.52. The largest absolute Gasteiger partial charge is 2.00 e. The van der Waals surface area contributed by atoms with Gasteiger partial charge in [0.2, 0.25) is 5.88 Å². The number of nitrogens with zero attached hydrogens (tertiary/aromatic N) is 3. The molecule has 8 rings (SSSR count). The van der Waals surface area contributed by atoms with Crippen LogP contribution in [-0.4, -0.2) is 14.5 Å². The summed E-state index contributed by atoms with van der Waals surface area (Å²) in [7, 11) is 0. The number of pyridine rings is 2. The fraction of sp³-hybridized carbons (Fsp3) is 0.263. The van der Waals surface area contributed by atoms with Crippen LogP contribution in [0.25, 0.3) is 38.8 Å². The molecule has 2 aliphatic carbocycles. The molecule has 216 valence electrons. The predicted molar refractivity (Wildman–Crippen MR) is 168 cm³/mol. The van der Waals surface area contributed by atoms with E-state index in [-0.39, 0.29) is 21.1 Å². The van der Waals surface area contributed by atoms with Crippen LogP contribution in [0.15, 0.2) is 91.3 Å². The topological polar surface area (TPSA) is 39.9 Å². The predicted octanol–water partition coefficient (Wildman–Crippen LogP) is 9.95. The third-order valence-corrected chi connectivity index (χ3v) is 9.27. The molecule has 4 nitrogen and oxygen atoms in total. The van der Waals surface area contributed by atoms with E-state index in [4.69, 9.17) is 9.72 Å². The van der Waals surface area contributed by atoms with Crippen molar-refractivity contribution >= 4 is 21.8 Å². The first-order valence-electron chi connectivity index (χ1n) is 15.4. The molecule has 0 spiro atoms. The molecule has 6 aromatic rings. The van der Waals surface area contributed by atoms with Gasteiger partial charge < -0.3 is 9.30 Å². The van der Waals surface area contributed by atoms with Crippen molar-refractivity contribution in [3.05, 3.63) is 115 Å². The SMILES string of the molecule is [Pt+2].[c-]1c(Oc2cc(C3CCCCC3)ccn2)cccc1-c1[c-]c2c(cc1)c1ccccc1n2-c1cc(C2CCC2)ccn1. The maximum atomic E-state index is 6.26. The molecule has 43 heavy (non-hydrogen) atoms. The van der Waals surface area contributed by atoms with Gasteiger partial charge in [0.05, 0.1) is 0 Å². The maximum absolute atomic E-state index is 6.26. The van der Waals surface area contributed by atoms with Crippen molar-refractivity contribution in [3.63, 3.8) is 0 Å². The Morgan fingerprint density at radius 3 is 2.21 bits per heavy atom. The van der Waals surface area contributed by atoms with E-state index in [0.29, 0.717) is 23.5 Å². The molecule has 3 heterocycles. The van der Waals surface area contributed by atoms with Crippen LogP contribution in [0.3, 0.4) is 0 Å². The minimum atomic E-state index is 0. The van der Waals surface area contributed by atoms with Crippen LogP contribution in [0.4, 0.5) is 0 Å². The molecular formula is C38H33N3OPt. The fourth-order valence-electron chi connectivity index (χ4n) is 6.79. The number of fused-ring (bicyclic) bond motifs is 3. The van der Waals surface area contributed by atoms with E-state index in [1.807, 2.05) is 24.5 Å². The molecule has 2 aliphatic rings. The summed E-state index contributed by atoms with van der Waals surface area (Å²) in [6.07, 6.45) is 14.1. The average Bonchev–Trinajstić information content (AvgIpc) is 3.35. The zero-order valence-electron chi connectivity index (χ0n) is 24.0. The molecule has 0 N–H and O–H groups in total. The molecule has 0 bridgehead atoms. The maximum Gasteiger partial charge on any atom is 2.00 e. The summed E-state index contributed by atoms with van der Waals surface area (Å²) in [6, 6.07) is 34.9. The van der Waals surface area contributed by atoms with Gasteiger partial charge in [0, 0.05) is 29.7 Å². The standard InChI is InChI=1S/C38H33N3O.Pt/c1-2-8-26(9-3-1)31-19-21-40-38(25-31)42-32-13-7-12-28(22-32)29-16-17-34-33-14-4-5-15-35(33)41(36(34)23-29)37-24-30(18-20-39-37)27-10-6-11-27;/h4-5,7,12-21,24-27H,1-3,6,8-11H2;/q-2;+2. The van der Waals surface area contributed by atoms with E-state index in [9.17, 15) is 0 Å². The fourth-order valence-corrected chi connectivity index (χ4v) is 6.79. The number of rotatable bonds is 6. The number of para-hydroxylation sites is 1. The molecule has 2 saturated carbocycles. The van der Waals surface area contributed by atoms with Gasteiger partial charge in [0.25, 0.3) is 0 Å². The summed E-state index contributed by atoms with van der Waals surface area (Å²) in [5.41, 5.74) is 6.78. The van der Waals surface area contributed by atoms with Gasteiger partial charge in [-0.2, -0.15) is 24.3 Å². The molecule has 0 unspecified atom stereocenters. The van der Waals surface area contributed by atoms with Crippen LogP contribution in [-0.2, 0) is 21.1 Å². The van der Waals surface area contributed by atoms with Crippen LogP contribution >= 0.6 is 0 Å². The van der Waals surface area contributed by atoms with Crippen molar-refractivity contribution in [2.75, 3.05) is 0 Å². The Kier molecular flexibility index (Phi) is 7.89. The summed E-state index contributed by atoms with van der Waals surface area (Å²) in [5.74, 6) is 3.49. The summed E-state index contributed by atoms with van der Waals surface area (Å²) in [6.45, 7) is 0. The van der Waals surface area contributed by atoms with Gasteiger partial charge in [-0.1, -0.05) is 49.3 Å². The molecule has 5 heteroatoms. The second kappa shape index (κ2) is 12.1. The van der Waals surface area contributed by atoms with Crippen molar-refractivity contribution in [3.8, 4) is 28.6 Å². The first-order chi connectivity index (χ1) is 20.8. The van der Waals surface area contributed by atoms with Gasteiger partial charge in [0.15, 0.2) is 0 Å². The van der Waals surface area contributed by atoms with E-state index < -0.39 is 0 Å². The van der Waals surface area contributed by atoms with E-state index >= 15 is 0 Å². The first kappa shape index (κ1) is 28.0. The van der Waals surface area contributed by atoms with Crippen LogP contribution < -0.4 is 4.74 Å². The third-order valence-electron chi connectivity index (χ3n) is 9.27. The molecule has 3 aromatic carbocycles. The molecule has 3 aromatic heterocycles. The average molecular weight is 743 g/mol. The number of hydrogen-bond donors (Lipinski definition) is 0. The Labute approximate surface area is 267 Å². The smallest absolute Gasteiger partial charge is 0.460 e. The number of benzene rings is 3. The Hall–Kier alpha value is -3.75. The van der Waals surface area contributed by atoms with Crippen LogP contribution in [0.2, 0.25) is 0 Å². The molecular weight excluding hydrogens is 710 g/mol. The van der Waals surface area contributed by atoms with Gasteiger partial charge in [-0.25, -0.2) is 21.1 Å². The van der Waals surface area contributed by atoms with E-state index in [1.54, 1.807) is 0 Å². The first-order valence-corrected chi connectivity index (χ1v) is 15.4. The summed E-state index contributed by atoms with van der Waals surface area (Å²) >= 11 is 0. The van der Waals surface area contributed by atoms with Crippen molar-refractivity contribution in [1.82, 2.24) is 14.5 Å². The zero-order valence-corrected chi connectivity index (χ0v) is 26.3. The minimum Gasteiger partial charge on any atom is -0.460 e. The van der Waals surface area contributed by atoms with Gasteiger partial charge in [-0.15, -0.1) is 18.2 Å². The van der Waals surface area contributed by atoms with Gasteiger partial charge in [-0.3, -0.25) is 0 Å². The van der Waals surface area contributed by atoms with Crippen molar-refractivity contribution in [2.45, 2.75) is 63.2 Å². The normalized spacial score (nSPS) is 15.7. The van der Waals surface area contributed by atoms with Gasteiger partial charge in [-0.05, 0) is 83.8 Å². The second-order valence-electron chi connectivity index (χ2n) is 11.9. The minimum absolute atomic E-state index is 0. The summed E-state index contributed by atoms with van der Waals surface area (Å²) in [5, 5.41) is 2.37. The number of aromatic nitrogens is 3. The third kappa shape index (κ3) is 5.43. The molecule has 0 saturated heterocycles. The van der Waals surface area contributed by atoms with E-state index in [1.165, 1.54) is 73.3 Å². The zero-order chi connectivity index (χ0) is 27.9. The van der Waals surface area contributed by atoms with Crippen molar-refractivity contribution in [1.29, 1.82) is 0 Å². The molecule has 0 amide bonds. The quantitative estimate of drug-likeness (QED) is 0.160. The van der Waals surface area contributed by atoms with E-state index in [2.05, 4.69) is 88.4 Å². The summed E-state index contributed by atoms with van der Waals surface area (Å²) in [4.78, 5) is 9.35. The van der Waals surface area contributed by atoms with Crippen LogP contribution in [0, 0.1) is 12.1 Å². The van der Waals surface area contributed by atoms with Crippen LogP contribution in [0.1, 0.15) is 74.3 Å². The Bertz CT molecular complexity index is 1900. The molecule has 0 atom stereocenters. The number of hydrogen-bond acceptors (Lipinski definition) is 3. The molecule has 0 radical (unpaired) electrons. The van der Waals surface area contributed by atoms with E-state index in [0.717, 1.165) is 28.0 Å². The van der Waals surface area contributed by atoms with Crippen molar-refractivity contribution < 1.29 is 25.8 Å². The molecule has 0 aliphatic heterocycles. The Morgan fingerprint density at radius 2 is 1.40 bits per heavy atom. The van der Waals surface area contributed by atoms with Gasteiger partial charge in [0.1, 0.15) is 5.82 Å². The van der Waals surface area contributed by atoms with Gasteiger partial charge >= 0.3 is 21.1 Å². The van der Waals surface area contributed by atoms with Crippen LogP contribution in [0.5, 0.6) is 11.6 Å². The Morgan fingerprint density at radius 1 is 0.651 bits per heavy atom.